The van der Waals surface area contributed by atoms with Gasteiger partial charge in [-0.25, -0.2) is 9.97 Å². The minimum atomic E-state index is -1.08. The number of carbonyl (C=O) groups excluding carboxylic acids is 1. The highest BCUT2D eigenvalue weighted by atomic mass is 16.4. The summed E-state index contributed by atoms with van der Waals surface area (Å²) in [6.45, 7) is -0.408. The number of anilines is 1. The van der Waals surface area contributed by atoms with Gasteiger partial charge in [0.25, 0.3) is 0 Å². The van der Waals surface area contributed by atoms with E-state index in [1.165, 1.54) is 12.5 Å². The molecule has 1 rings (SSSR count). The van der Waals surface area contributed by atoms with Crippen LogP contribution in [0.1, 0.15) is 0 Å². The number of aromatic nitrogens is 2. The molecule has 1 heterocycles. The molecule has 0 spiro atoms. The third kappa shape index (κ3) is 4.55. The topological polar surface area (TPSA) is 104 Å². The lowest BCUT2D eigenvalue weighted by Crippen LogP contribution is -2.33. The minimum Gasteiger partial charge on any atom is -0.480 e. The highest BCUT2D eigenvalue weighted by molar-refractivity contribution is 5.84. The average molecular weight is 210 g/mol. The summed E-state index contributed by atoms with van der Waals surface area (Å²) in [6, 6.07) is 1.60. The van der Waals surface area contributed by atoms with E-state index in [1.807, 2.05) is 0 Å². The van der Waals surface area contributed by atoms with Crippen LogP contribution in [0.3, 0.4) is 0 Å². The molecular formula is C8H10N4O3. The van der Waals surface area contributed by atoms with Crippen molar-refractivity contribution < 1.29 is 14.7 Å². The molecule has 0 aromatic carbocycles. The highest BCUT2D eigenvalue weighted by Gasteiger charge is 2.03. The van der Waals surface area contributed by atoms with Crippen LogP contribution in [-0.2, 0) is 9.59 Å². The Bertz CT molecular complexity index is 341. The summed E-state index contributed by atoms with van der Waals surface area (Å²) in [4.78, 5) is 28.7. The van der Waals surface area contributed by atoms with Gasteiger partial charge < -0.3 is 15.7 Å². The predicted octanol–water partition coefficient (Wildman–Crippen LogP) is -0.911. The van der Waals surface area contributed by atoms with Crippen LogP contribution in [0.4, 0.5) is 5.82 Å². The van der Waals surface area contributed by atoms with Gasteiger partial charge in [-0.1, -0.05) is 0 Å². The van der Waals surface area contributed by atoms with Gasteiger partial charge in [0.05, 0.1) is 6.54 Å². The molecule has 1 aromatic heterocycles. The number of hydrogen-bond acceptors (Lipinski definition) is 5. The van der Waals surface area contributed by atoms with Gasteiger partial charge in [0.2, 0.25) is 5.91 Å². The number of carboxylic acid groups (broad SMARTS) is 1. The maximum absolute atomic E-state index is 11.0. The number of aliphatic carboxylic acids is 1. The van der Waals surface area contributed by atoms with Crippen molar-refractivity contribution in [3.63, 3.8) is 0 Å². The molecular weight excluding hydrogens is 200 g/mol. The zero-order valence-corrected chi connectivity index (χ0v) is 7.80. The van der Waals surface area contributed by atoms with Crippen LogP contribution < -0.4 is 10.6 Å². The maximum atomic E-state index is 11.0. The predicted molar refractivity (Wildman–Crippen MR) is 51.2 cm³/mol. The van der Waals surface area contributed by atoms with E-state index in [2.05, 4.69) is 20.6 Å². The second-order valence-corrected chi connectivity index (χ2v) is 2.62. The fourth-order valence-corrected chi connectivity index (χ4v) is 0.803. The number of nitrogens with zero attached hydrogens (tertiary/aromatic N) is 2. The molecule has 1 aromatic rings. The molecule has 0 saturated heterocycles. The normalized spacial score (nSPS) is 9.33. The smallest absolute Gasteiger partial charge is 0.322 e. The van der Waals surface area contributed by atoms with Crippen molar-refractivity contribution >= 4 is 17.7 Å². The SMILES string of the molecule is O=C(O)CNC(=O)CNc1ccncn1. The lowest BCUT2D eigenvalue weighted by atomic mass is 10.5. The Labute approximate surface area is 85.5 Å². The summed E-state index contributed by atoms with van der Waals surface area (Å²) in [7, 11) is 0. The van der Waals surface area contributed by atoms with Crippen LogP contribution in [0.2, 0.25) is 0 Å². The Morgan fingerprint density at radius 3 is 2.80 bits per heavy atom. The Morgan fingerprint density at radius 2 is 2.20 bits per heavy atom. The summed E-state index contributed by atoms with van der Waals surface area (Å²) in [5.74, 6) is -0.975. The van der Waals surface area contributed by atoms with Crippen molar-refractivity contribution in [2.24, 2.45) is 0 Å². The van der Waals surface area contributed by atoms with Gasteiger partial charge in [-0.15, -0.1) is 0 Å². The molecule has 0 aliphatic carbocycles. The molecule has 0 aliphatic rings. The molecule has 0 saturated carbocycles. The van der Waals surface area contributed by atoms with Gasteiger partial charge in [-0.05, 0) is 6.07 Å². The van der Waals surface area contributed by atoms with E-state index in [0.717, 1.165) is 0 Å². The van der Waals surface area contributed by atoms with Crippen LogP contribution in [0.5, 0.6) is 0 Å². The van der Waals surface area contributed by atoms with Gasteiger partial charge in [0, 0.05) is 6.20 Å². The Hall–Kier alpha value is -2.18. The van der Waals surface area contributed by atoms with E-state index in [4.69, 9.17) is 5.11 Å². The first-order valence-electron chi connectivity index (χ1n) is 4.17. The molecule has 0 radical (unpaired) electrons. The van der Waals surface area contributed by atoms with Crippen molar-refractivity contribution in [1.82, 2.24) is 15.3 Å². The molecule has 7 heteroatoms. The molecule has 0 fully saturated rings. The highest BCUT2D eigenvalue weighted by Crippen LogP contribution is 1.95. The Kier molecular flexibility index (Phi) is 4.02. The Balaban J connectivity index is 2.26. The summed E-state index contributed by atoms with van der Waals surface area (Å²) >= 11 is 0. The van der Waals surface area contributed by atoms with Gasteiger partial charge in [0.15, 0.2) is 0 Å². The lowest BCUT2D eigenvalue weighted by Gasteiger charge is -2.04. The third-order valence-corrected chi connectivity index (χ3v) is 1.45. The molecule has 1 amide bonds. The first-order valence-corrected chi connectivity index (χ1v) is 4.17. The van der Waals surface area contributed by atoms with Crippen molar-refractivity contribution in [2.45, 2.75) is 0 Å². The molecule has 7 nitrogen and oxygen atoms in total. The van der Waals surface area contributed by atoms with E-state index >= 15 is 0 Å². The lowest BCUT2D eigenvalue weighted by molar-refractivity contribution is -0.137. The van der Waals surface area contributed by atoms with Gasteiger partial charge in [-0.3, -0.25) is 9.59 Å². The van der Waals surface area contributed by atoms with Crippen LogP contribution in [0, 0.1) is 0 Å². The van der Waals surface area contributed by atoms with E-state index < -0.39 is 11.9 Å². The van der Waals surface area contributed by atoms with E-state index in [-0.39, 0.29) is 13.1 Å². The summed E-state index contributed by atoms with van der Waals surface area (Å²) in [5, 5.41) is 13.2. The monoisotopic (exact) mass is 210 g/mol. The molecule has 0 aliphatic heterocycles. The fraction of sp³-hybridized carbons (Fsp3) is 0.250. The summed E-state index contributed by atoms with van der Waals surface area (Å²) in [5.41, 5.74) is 0. The Morgan fingerprint density at radius 1 is 1.40 bits per heavy atom. The van der Waals surface area contributed by atoms with Crippen LogP contribution in [0.15, 0.2) is 18.6 Å². The number of nitrogens with one attached hydrogen (secondary N) is 2. The molecule has 80 valence electrons. The van der Waals surface area contributed by atoms with E-state index in [1.54, 1.807) is 6.07 Å². The van der Waals surface area contributed by atoms with E-state index in [0.29, 0.717) is 5.82 Å². The van der Waals surface area contributed by atoms with Gasteiger partial charge in [0.1, 0.15) is 18.7 Å². The second-order valence-electron chi connectivity index (χ2n) is 2.62. The minimum absolute atomic E-state index is 0.0235. The summed E-state index contributed by atoms with van der Waals surface area (Å²) < 4.78 is 0. The number of carboxylic acids is 1. The van der Waals surface area contributed by atoms with Gasteiger partial charge in [-0.2, -0.15) is 0 Å². The van der Waals surface area contributed by atoms with Crippen molar-refractivity contribution in [1.29, 1.82) is 0 Å². The quantitative estimate of drug-likeness (QED) is 0.581. The van der Waals surface area contributed by atoms with Crippen molar-refractivity contribution in [3.05, 3.63) is 18.6 Å². The standard InChI is InChI=1S/C8H10N4O3/c13-7(11-4-8(14)15)3-10-6-1-2-9-5-12-6/h1-2,5H,3-4H2,(H,11,13)(H,14,15)(H,9,10,12). The number of carbonyl (C=O) groups is 2. The van der Waals surface area contributed by atoms with Crippen molar-refractivity contribution in [2.75, 3.05) is 18.4 Å². The number of hydrogen-bond donors (Lipinski definition) is 3. The number of amides is 1. The molecule has 0 unspecified atom stereocenters. The number of rotatable bonds is 5. The average Bonchev–Trinajstić information content (AvgIpc) is 2.25. The van der Waals surface area contributed by atoms with Crippen LogP contribution in [-0.4, -0.2) is 40.0 Å². The zero-order chi connectivity index (χ0) is 11.1. The zero-order valence-electron chi connectivity index (χ0n) is 7.80. The van der Waals surface area contributed by atoms with Gasteiger partial charge >= 0.3 is 5.97 Å². The fourth-order valence-electron chi connectivity index (χ4n) is 0.803. The largest absolute Gasteiger partial charge is 0.480 e. The second kappa shape index (κ2) is 5.53. The maximum Gasteiger partial charge on any atom is 0.322 e. The van der Waals surface area contributed by atoms with Crippen LogP contribution in [0.25, 0.3) is 0 Å². The molecule has 3 N–H and O–H groups in total. The molecule has 0 bridgehead atoms. The molecule has 15 heavy (non-hydrogen) atoms. The van der Waals surface area contributed by atoms with Crippen LogP contribution >= 0.6 is 0 Å². The summed E-state index contributed by atoms with van der Waals surface area (Å²) in [6.07, 6.45) is 2.88. The molecule has 0 atom stereocenters. The van der Waals surface area contributed by atoms with E-state index in [9.17, 15) is 9.59 Å². The third-order valence-electron chi connectivity index (χ3n) is 1.45. The first kappa shape index (κ1) is 10.9. The first-order chi connectivity index (χ1) is 7.18. The van der Waals surface area contributed by atoms with Crippen molar-refractivity contribution in [3.8, 4) is 0 Å².